The average molecular weight is 341 g/mol. The first kappa shape index (κ1) is 16.5. The molecule has 3 rings (SSSR count). The van der Waals surface area contributed by atoms with E-state index in [1.54, 1.807) is 0 Å². The Morgan fingerprint density at radius 3 is 2.75 bits per heavy atom. The second-order valence-electron chi connectivity index (χ2n) is 5.32. The number of benzene rings is 2. The SMILES string of the molecule is COC(=O)c1cc2cc(NCCOCc3ccccc3)ccc2s1. The van der Waals surface area contributed by atoms with Crippen LogP contribution in [0.4, 0.5) is 5.69 Å². The molecule has 0 unspecified atom stereocenters. The van der Waals surface area contributed by atoms with Gasteiger partial charge in [-0.15, -0.1) is 11.3 Å². The average Bonchev–Trinajstić information content (AvgIpc) is 3.05. The van der Waals surface area contributed by atoms with Gasteiger partial charge in [0.05, 0.1) is 20.3 Å². The third-order valence-electron chi connectivity index (χ3n) is 3.59. The summed E-state index contributed by atoms with van der Waals surface area (Å²) in [7, 11) is 1.40. The number of fused-ring (bicyclic) bond motifs is 1. The summed E-state index contributed by atoms with van der Waals surface area (Å²) in [5.41, 5.74) is 2.19. The van der Waals surface area contributed by atoms with Crippen LogP contribution < -0.4 is 5.32 Å². The number of esters is 1. The van der Waals surface area contributed by atoms with E-state index >= 15 is 0 Å². The Labute approximate surface area is 145 Å². The zero-order valence-corrected chi connectivity index (χ0v) is 14.3. The molecule has 0 saturated heterocycles. The molecular formula is C19H19NO3S. The van der Waals surface area contributed by atoms with E-state index in [1.807, 2.05) is 42.5 Å². The van der Waals surface area contributed by atoms with Crippen LogP contribution in [-0.4, -0.2) is 26.2 Å². The molecule has 0 atom stereocenters. The lowest BCUT2D eigenvalue weighted by Gasteiger charge is -2.07. The van der Waals surface area contributed by atoms with Crippen LogP contribution in [0.5, 0.6) is 0 Å². The van der Waals surface area contributed by atoms with Crippen LogP contribution in [0, 0.1) is 0 Å². The van der Waals surface area contributed by atoms with Crippen molar-refractivity contribution in [2.45, 2.75) is 6.61 Å². The lowest BCUT2D eigenvalue weighted by molar-refractivity contribution is 0.0606. The van der Waals surface area contributed by atoms with E-state index < -0.39 is 0 Å². The van der Waals surface area contributed by atoms with Crippen LogP contribution in [0.25, 0.3) is 10.1 Å². The zero-order valence-electron chi connectivity index (χ0n) is 13.5. The van der Waals surface area contributed by atoms with Crippen molar-refractivity contribution in [3.8, 4) is 0 Å². The van der Waals surface area contributed by atoms with Gasteiger partial charge in [0.1, 0.15) is 4.88 Å². The second-order valence-corrected chi connectivity index (χ2v) is 6.40. The third-order valence-corrected chi connectivity index (χ3v) is 4.69. The highest BCUT2D eigenvalue weighted by molar-refractivity contribution is 7.20. The molecule has 0 amide bonds. The Hall–Kier alpha value is -2.37. The first-order valence-corrected chi connectivity index (χ1v) is 8.55. The molecule has 4 nitrogen and oxygen atoms in total. The van der Waals surface area contributed by atoms with E-state index in [2.05, 4.69) is 17.4 Å². The number of anilines is 1. The summed E-state index contributed by atoms with van der Waals surface area (Å²) in [5.74, 6) is -0.292. The van der Waals surface area contributed by atoms with Crippen LogP contribution in [0.3, 0.4) is 0 Å². The molecule has 1 heterocycles. The minimum Gasteiger partial charge on any atom is -0.465 e. The first-order valence-electron chi connectivity index (χ1n) is 7.74. The van der Waals surface area contributed by atoms with Crippen molar-refractivity contribution in [1.82, 2.24) is 0 Å². The van der Waals surface area contributed by atoms with Crippen LogP contribution >= 0.6 is 11.3 Å². The first-order chi connectivity index (χ1) is 11.8. The Kier molecular flexibility index (Phi) is 5.46. The van der Waals surface area contributed by atoms with Gasteiger partial charge in [-0.25, -0.2) is 4.79 Å². The van der Waals surface area contributed by atoms with Gasteiger partial charge in [0.25, 0.3) is 0 Å². The number of carbonyl (C=O) groups excluding carboxylic acids is 1. The molecule has 0 spiro atoms. The predicted octanol–water partition coefficient (Wildman–Crippen LogP) is 4.32. The number of thiophene rings is 1. The normalized spacial score (nSPS) is 10.7. The fourth-order valence-corrected chi connectivity index (χ4v) is 3.35. The molecule has 0 aliphatic heterocycles. The van der Waals surface area contributed by atoms with E-state index in [0.717, 1.165) is 22.3 Å². The van der Waals surface area contributed by atoms with Gasteiger partial charge in [0, 0.05) is 16.9 Å². The lowest BCUT2D eigenvalue weighted by Crippen LogP contribution is -2.09. The summed E-state index contributed by atoms with van der Waals surface area (Å²) in [4.78, 5) is 12.2. The highest BCUT2D eigenvalue weighted by Crippen LogP contribution is 2.28. The quantitative estimate of drug-likeness (QED) is 0.514. The van der Waals surface area contributed by atoms with Gasteiger partial charge in [0.2, 0.25) is 0 Å². The molecule has 124 valence electrons. The molecule has 0 fully saturated rings. The van der Waals surface area contributed by atoms with Crippen molar-refractivity contribution in [2.75, 3.05) is 25.6 Å². The summed E-state index contributed by atoms with van der Waals surface area (Å²) in [6, 6.07) is 18.0. The number of nitrogens with one attached hydrogen (secondary N) is 1. The molecular weight excluding hydrogens is 322 g/mol. The van der Waals surface area contributed by atoms with Gasteiger partial charge < -0.3 is 14.8 Å². The third kappa shape index (κ3) is 4.13. The van der Waals surface area contributed by atoms with Crippen molar-refractivity contribution < 1.29 is 14.3 Å². The summed E-state index contributed by atoms with van der Waals surface area (Å²) < 4.78 is 11.5. The van der Waals surface area contributed by atoms with Crippen LogP contribution in [-0.2, 0) is 16.1 Å². The molecule has 1 aromatic heterocycles. The summed E-state index contributed by atoms with van der Waals surface area (Å²) >= 11 is 1.44. The van der Waals surface area contributed by atoms with E-state index in [0.29, 0.717) is 18.1 Å². The zero-order chi connectivity index (χ0) is 16.8. The molecule has 3 aromatic rings. The molecule has 0 aliphatic carbocycles. The number of hydrogen-bond acceptors (Lipinski definition) is 5. The van der Waals surface area contributed by atoms with Crippen molar-refractivity contribution >= 4 is 33.1 Å². The fourth-order valence-electron chi connectivity index (χ4n) is 2.39. The molecule has 0 bridgehead atoms. The molecule has 0 aliphatic rings. The van der Waals surface area contributed by atoms with Gasteiger partial charge in [-0.05, 0) is 35.2 Å². The fraction of sp³-hybridized carbons (Fsp3) is 0.211. The monoisotopic (exact) mass is 341 g/mol. The maximum Gasteiger partial charge on any atom is 0.348 e. The maximum atomic E-state index is 11.6. The molecule has 1 N–H and O–H groups in total. The van der Waals surface area contributed by atoms with Crippen molar-refractivity contribution in [1.29, 1.82) is 0 Å². The van der Waals surface area contributed by atoms with Gasteiger partial charge in [-0.3, -0.25) is 0 Å². The van der Waals surface area contributed by atoms with E-state index in [1.165, 1.54) is 24.0 Å². The molecule has 5 heteroatoms. The largest absolute Gasteiger partial charge is 0.465 e. The van der Waals surface area contributed by atoms with Crippen LogP contribution in [0.1, 0.15) is 15.2 Å². The molecule has 0 radical (unpaired) electrons. The Bertz CT molecular complexity index is 814. The number of rotatable bonds is 7. The number of ether oxygens (including phenoxy) is 2. The topological polar surface area (TPSA) is 47.6 Å². The number of methoxy groups -OCH3 is 1. The lowest BCUT2D eigenvalue weighted by atomic mass is 10.2. The highest BCUT2D eigenvalue weighted by atomic mass is 32.1. The number of carbonyl (C=O) groups is 1. The number of hydrogen-bond donors (Lipinski definition) is 1. The Morgan fingerprint density at radius 1 is 1.12 bits per heavy atom. The van der Waals surface area contributed by atoms with E-state index in [4.69, 9.17) is 9.47 Å². The van der Waals surface area contributed by atoms with Crippen LogP contribution in [0.15, 0.2) is 54.6 Å². The minimum absolute atomic E-state index is 0.292. The van der Waals surface area contributed by atoms with Gasteiger partial charge in [-0.1, -0.05) is 30.3 Å². The van der Waals surface area contributed by atoms with Crippen LogP contribution in [0.2, 0.25) is 0 Å². The predicted molar refractivity (Wildman–Crippen MR) is 97.8 cm³/mol. The van der Waals surface area contributed by atoms with Gasteiger partial charge in [-0.2, -0.15) is 0 Å². The molecule has 24 heavy (non-hydrogen) atoms. The standard InChI is InChI=1S/C19H19NO3S/c1-22-19(21)18-12-15-11-16(7-8-17(15)24-18)20-9-10-23-13-14-5-3-2-4-6-14/h2-8,11-12,20H,9-10,13H2,1H3. The molecule has 2 aromatic carbocycles. The van der Waals surface area contributed by atoms with Crippen molar-refractivity contribution in [2.24, 2.45) is 0 Å². The van der Waals surface area contributed by atoms with Crippen molar-refractivity contribution in [3.05, 3.63) is 65.0 Å². The summed E-state index contributed by atoms with van der Waals surface area (Å²) in [6.45, 7) is 1.98. The van der Waals surface area contributed by atoms with E-state index in [9.17, 15) is 4.79 Å². The van der Waals surface area contributed by atoms with Crippen molar-refractivity contribution in [3.63, 3.8) is 0 Å². The van der Waals surface area contributed by atoms with Gasteiger partial charge >= 0.3 is 5.97 Å². The highest BCUT2D eigenvalue weighted by Gasteiger charge is 2.10. The summed E-state index contributed by atoms with van der Waals surface area (Å²) in [5, 5.41) is 4.38. The molecule has 0 saturated carbocycles. The van der Waals surface area contributed by atoms with E-state index in [-0.39, 0.29) is 5.97 Å². The summed E-state index contributed by atoms with van der Waals surface area (Å²) in [6.07, 6.45) is 0. The Morgan fingerprint density at radius 2 is 1.96 bits per heavy atom. The van der Waals surface area contributed by atoms with Gasteiger partial charge in [0.15, 0.2) is 0 Å². The maximum absolute atomic E-state index is 11.6. The Balaban J connectivity index is 1.51. The minimum atomic E-state index is -0.292. The smallest absolute Gasteiger partial charge is 0.348 e. The second kappa shape index (κ2) is 7.95.